The van der Waals surface area contributed by atoms with E-state index < -0.39 is 5.60 Å². The van der Waals surface area contributed by atoms with Crippen molar-refractivity contribution >= 4 is 5.91 Å². The normalized spacial score (nSPS) is 24.8. The molecule has 1 aromatic heterocycles. The molecule has 1 atom stereocenters. The van der Waals surface area contributed by atoms with Gasteiger partial charge < -0.3 is 14.7 Å². The topological polar surface area (TPSA) is 69.1 Å². The molecule has 0 aliphatic carbocycles. The zero-order valence-electron chi connectivity index (χ0n) is 14.9. The van der Waals surface area contributed by atoms with Crippen molar-refractivity contribution in [1.82, 2.24) is 19.7 Å². The van der Waals surface area contributed by atoms with Gasteiger partial charge in [-0.2, -0.15) is 0 Å². The minimum Gasteiger partial charge on any atom is -0.387 e. The molecule has 1 amide bonds. The van der Waals surface area contributed by atoms with Crippen molar-refractivity contribution in [1.29, 1.82) is 0 Å². The maximum Gasteiger partial charge on any atom is 0.236 e. The van der Waals surface area contributed by atoms with Crippen molar-refractivity contribution in [2.24, 2.45) is 0 Å². The summed E-state index contributed by atoms with van der Waals surface area (Å²) in [6, 6.07) is 3.90. The molecular weight excluding hydrogens is 320 g/mol. The highest BCUT2D eigenvalue weighted by Gasteiger charge is 2.39. The molecule has 0 aromatic carbocycles. The molecule has 0 saturated carbocycles. The Balaban J connectivity index is 1.46. The standard InChI is InChI=1S/C18H28N4O3/c1-20(12-16-3-2-5-19-11-16)13-17(23)22-6-4-18(24,15-22)14-21-7-9-25-10-8-21/h2-3,5,11,24H,4,6-10,12-15H2,1H3/t18-/m1/s1. The number of amides is 1. The zero-order valence-corrected chi connectivity index (χ0v) is 14.9. The van der Waals surface area contributed by atoms with Crippen LogP contribution in [0.25, 0.3) is 0 Å². The van der Waals surface area contributed by atoms with E-state index in [2.05, 4.69) is 9.88 Å². The van der Waals surface area contributed by atoms with Crippen molar-refractivity contribution in [2.45, 2.75) is 18.6 Å². The van der Waals surface area contributed by atoms with Gasteiger partial charge in [0.15, 0.2) is 0 Å². The van der Waals surface area contributed by atoms with Crippen molar-refractivity contribution in [3.05, 3.63) is 30.1 Å². The Morgan fingerprint density at radius 1 is 1.40 bits per heavy atom. The Hall–Kier alpha value is -1.54. The van der Waals surface area contributed by atoms with Crippen LogP contribution >= 0.6 is 0 Å². The highest BCUT2D eigenvalue weighted by Crippen LogP contribution is 2.23. The van der Waals surface area contributed by atoms with Gasteiger partial charge in [0.05, 0.1) is 31.9 Å². The smallest absolute Gasteiger partial charge is 0.236 e. The predicted octanol–water partition coefficient (Wildman–Crippen LogP) is -0.191. The molecule has 3 rings (SSSR count). The van der Waals surface area contributed by atoms with Gasteiger partial charge in [-0.1, -0.05) is 6.07 Å². The molecular formula is C18H28N4O3. The number of morpholine rings is 1. The van der Waals surface area contributed by atoms with Crippen molar-refractivity contribution in [2.75, 3.05) is 59.5 Å². The van der Waals surface area contributed by atoms with Crippen LogP contribution in [0.5, 0.6) is 0 Å². The maximum atomic E-state index is 12.5. The largest absolute Gasteiger partial charge is 0.387 e. The summed E-state index contributed by atoms with van der Waals surface area (Å²) in [5.41, 5.74) is 0.289. The fourth-order valence-corrected chi connectivity index (χ4v) is 3.56. The summed E-state index contributed by atoms with van der Waals surface area (Å²) in [6.07, 6.45) is 4.20. The number of ether oxygens (including phenoxy) is 1. The monoisotopic (exact) mass is 348 g/mol. The minimum atomic E-state index is -0.797. The molecule has 3 heterocycles. The molecule has 7 heteroatoms. The van der Waals surface area contributed by atoms with Crippen molar-refractivity contribution in [3.63, 3.8) is 0 Å². The number of aliphatic hydroxyl groups is 1. The van der Waals surface area contributed by atoms with E-state index in [1.165, 1.54) is 0 Å². The van der Waals surface area contributed by atoms with Gasteiger partial charge in [0.2, 0.25) is 5.91 Å². The Bertz CT molecular complexity index is 565. The van der Waals surface area contributed by atoms with Gasteiger partial charge in [0.1, 0.15) is 0 Å². The first kappa shape index (κ1) is 18.3. The fourth-order valence-electron chi connectivity index (χ4n) is 3.56. The number of aromatic nitrogens is 1. The summed E-state index contributed by atoms with van der Waals surface area (Å²) in [6.45, 7) is 5.84. The lowest BCUT2D eigenvalue weighted by molar-refractivity contribution is -0.132. The van der Waals surface area contributed by atoms with Gasteiger partial charge in [-0.3, -0.25) is 19.6 Å². The molecule has 7 nitrogen and oxygen atoms in total. The summed E-state index contributed by atoms with van der Waals surface area (Å²) in [7, 11) is 1.93. The average molecular weight is 348 g/mol. The highest BCUT2D eigenvalue weighted by molar-refractivity contribution is 5.78. The highest BCUT2D eigenvalue weighted by atomic mass is 16.5. The summed E-state index contributed by atoms with van der Waals surface area (Å²) in [4.78, 5) is 22.7. The molecule has 1 N–H and O–H groups in total. The summed E-state index contributed by atoms with van der Waals surface area (Å²) in [5, 5.41) is 10.8. The van der Waals surface area contributed by atoms with Crippen LogP contribution in [0.2, 0.25) is 0 Å². The van der Waals surface area contributed by atoms with Crippen molar-refractivity contribution in [3.8, 4) is 0 Å². The first-order valence-electron chi connectivity index (χ1n) is 8.92. The summed E-state index contributed by atoms with van der Waals surface area (Å²) in [5.74, 6) is 0.0734. The molecule has 0 radical (unpaired) electrons. The molecule has 1 aromatic rings. The van der Waals surface area contributed by atoms with Gasteiger partial charge >= 0.3 is 0 Å². The first-order chi connectivity index (χ1) is 12.0. The second-order valence-corrected chi connectivity index (χ2v) is 7.21. The van der Waals surface area contributed by atoms with Crippen molar-refractivity contribution < 1.29 is 14.6 Å². The number of likely N-dealkylation sites (tertiary alicyclic amines) is 1. The molecule has 2 fully saturated rings. The Morgan fingerprint density at radius 2 is 2.20 bits per heavy atom. The van der Waals surface area contributed by atoms with E-state index in [0.717, 1.165) is 31.9 Å². The zero-order chi connectivity index (χ0) is 17.7. The number of likely N-dealkylation sites (N-methyl/N-ethyl adjacent to an activating group) is 1. The van der Waals surface area contributed by atoms with E-state index in [-0.39, 0.29) is 5.91 Å². The molecule has 0 unspecified atom stereocenters. The van der Waals surface area contributed by atoms with Crippen LogP contribution in [0.3, 0.4) is 0 Å². The van der Waals surface area contributed by atoms with E-state index in [0.29, 0.717) is 39.1 Å². The lowest BCUT2D eigenvalue weighted by Gasteiger charge is -2.33. The van der Waals surface area contributed by atoms with Gasteiger partial charge in [0, 0.05) is 45.1 Å². The van der Waals surface area contributed by atoms with Crippen LogP contribution in [0.4, 0.5) is 0 Å². The maximum absolute atomic E-state index is 12.5. The Morgan fingerprint density at radius 3 is 2.92 bits per heavy atom. The van der Waals surface area contributed by atoms with Crippen LogP contribution in [0.1, 0.15) is 12.0 Å². The Kier molecular flexibility index (Phi) is 6.01. The van der Waals surface area contributed by atoms with E-state index >= 15 is 0 Å². The third kappa shape index (κ3) is 5.22. The van der Waals surface area contributed by atoms with Gasteiger partial charge in [-0.25, -0.2) is 0 Å². The molecule has 0 bridgehead atoms. The van der Waals surface area contributed by atoms with Crippen LogP contribution < -0.4 is 0 Å². The van der Waals surface area contributed by atoms with E-state index in [4.69, 9.17) is 4.74 Å². The molecule has 25 heavy (non-hydrogen) atoms. The second kappa shape index (κ2) is 8.23. The van der Waals surface area contributed by atoms with Gasteiger partial charge in [-0.05, 0) is 25.1 Å². The van der Waals surface area contributed by atoms with Crippen LogP contribution in [-0.4, -0.2) is 95.8 Å². The summed E-state index contributed by atoms with van der Waals surface area (Å²) >= 11 is 0. The number of carbonyl (C=O) groups excluding carboxylic acids is 1. The minimum absolute atomic E-state index is 0.0734. The second-order valence-electron chi connectivity index (χ2n) is 7.21. The molecule has 138 valence electrons. The number of nitrogens with zero attached hydrogens (tertiary/aromatic N) is 4. The molecule has 2 aliphatic rings. The molecule has 0 spiro atoms. The average Bonchev–Trinajstić information content (AvgIpc) is 2.98. The van der Waals surface area contributed by atoms with Crippen LogP contribution in [0, 0.1) is 0 Å². The number of rotatable bonds is 6. The lowest BCUT2D eigenvalue weighted by Crippen LogP contribution is -2.49. The quantitative estimate of drug-likeness (QED) is 0.769. The Labute approximate surface area is 149 Å². The third-order valence-corrected chi connectivity index (χ3v) is 4.89. The SMILES string of the molecule is CN(CC(=O)N1CC[C@@](O)(CN2CCOCC2)C1)Cc1cccnc1. The van der Waals surface area contributed by atoms with Crippen LogP contribution in [0.15, 0.2) is 24.5 Å². The third-order valence-electron chi connectivity index (χ3n) is 4.89. The molecule has 2 aliphatic heterocycles. The number of β-amino-alcohol motifs (C(OH)–C–C–N with tert-alkyl or cyclic N) is 1. The van der Waals surface area contributed by atoms with Gasteiger partial charge in [0.25, 0.3) is 0 Å². The number of hydrogen-bond acceptors (Lipinski definition) is 6. The first-order valence-corrected chi connectivity index (χ1v) is 8.92. The van der Waals surface area contributed by atoms with Gasteiger partial charge in [-0.15, -0.1) is 0 Å². The number of hydrogen-bond donors (Lipinski definition) is 1. The number of carbonyl (C=O) groups is 1. The van der Waals surface area contributed by atoms with E-state index in [9.17, 15) is 9.90 Å². The van der Waals surface area contributed by atoms with E-state index in [1.807, 2.05) is 30.3 Å². The fraction of sp³-hybridized carbons (Fsp3) is 0.667. The lowest BCUT2D eigenvalue weighted by atomic mass is 10.0. The van der Waals surface area contributed by atoms with Crippen LogP contribution in [-0.2, 0) is 16.1 Å². The van der Waals surface area contributed by atoms with E-state index in [1.54, 1.807) is 11.1 Å². The molecule has 2 saturated heterocycles. The number of pyridine rings is 1. The summed E-state index contributed by atoms with van der Waals surface area (Å²) < 4.78 is 5.35. The predicted molar refractivity (Wildman–Crippen MR) is 94.0 cm³/mol.